The van der Waals surface area contributed by atoms with Gasteiger partial charge in [0, 0.05) is 35.7 Å². The first-order valence-corrected chi connectivity index (χ1v) is 8.92. The molecule has 0 unspecified atom stereocenters. The van der Waals surface area contributed by atoms with Gasteiger partial charge in [-0.15, -0.1) is 0 Å². The summed E-state index contributed by atoms with van der Waals surface area (Å²) in [5.41, 5.74) is 4.20. The van der Waals surface area contributed by atoms with Gasteiger partial charge in [0.2, 0.25) is 5.91 Å². The van der Waals surface area contributed by atoms with E-state index in [-0.39, 0.29) is 22.6 Å². The van der Waals surface area contributed by atoms with Crippen molar-refractivity contribution < 1.29 is 27.1 Å². The molecule has 1 aromatic heterocycles. The molecule has 0 atom stereocenters. The number of ether oxygens (including phenoxy) is 1. The Hall–Kier alpha value is -4.01. The average Bonchev–Trinajstić information content (AvgIpc) is 2.72. The smallest absolute Gasteiger partial charge is 0.417 e. The summed E-state index contributed by atoms with van der Waals surface area (Å²) in [6.45, 7) is 0. The summed E-state index contributed by atoms with van der Waals surface area (Å²) in [4.78, 5) is 20.0. The topological polar surface area (TPSA) is 78.1 Å². The molecule has 4 aromatic rings. The van der Waals surface area contributed by atoms with E-state index >= 15 is 0 Å². The maximum atomic E-state index is 14.3. The van der Waals surface area contributed by atoms with Gasteiger partial charge in [0.15, 0.2) is 0 Å². The predicted molar refractivity (Wildman–Crippen MR) is 105 cm³/mol. The summed E-state index contributed by atoms with van der Waals surface area (Å²) >= 11 is 0. The molecule has 3 aromatic carbocycles. The van der Waals surface area contributed by atoms with Gasteiger partial charge in [0.25, 0.3) is 0 Å². The molecule has 9 heteroatoms. The van der Waals surface area contributed by atoms with Gasteiger partial charge in [0.05, 0.1) is 16.6 Å². The minimum Gasteiger partial charge on any atom is -0.457 e. The minimum absolute atomic E-state index is 0.0642. The molecule has 0 aliphatic rings. The number of primary amides is 1. The number of benzene rings is 3. The highest BCUT2D eigenvalue weighted by Gasteiger charge is 2.35. The normalized spacial score (nSPS) is 11.5. The number of hydrogen-bond donors (Lipinski definition) is 1. The molecule has 0 bridgehead atoms. The molecule has 156 valence electrons. The number of hydrogen-bond acceptors (Lipinski definition) is 4. The number of carbonyl (C=O) groups excluding carboxylic acids is 1. The summed E-state index contributed by atoms with van der Waals surface area (Å²) < 4.78 is 60.7. The van der Waals surface area contributed by atoms with Crippen LogP contribution in [-0.4, -0.2) is 15.9 Å². The fraction of sp³-hybridized carbons (Fsp3) is 0.0455. The van der Waals surface area contributed by atoms with Gasteiger partial charge in [0.1, 0.15) is 17.3 Å². The molecule has 0 spiro atoms. The highest BCUT2D eigenvalue weighted by Crippen LogP contribution is 2.40. The lowest BCUT2D eigenvalue weighted by molar-refractivity contribution is -0.137. The van der Waals surface area contributed by atoms with Gasteiger partial charge in [-0.2, -0.15) is 13.2 Å². The number of nitrogens with zero attached hydrogens (tertiary/aromatic N) is 2. The quantitative estimate of drug-likeness (QED) is 0.446. The first-order valence-electron chi connectivity index (χ1n) is 8.92. The Morgan fingerprint density at radius 3 is 2.35 bits per heavy atom. The van der Waals surface area contributed by atoms with E-state index in [4.69, 9.17) is 10.5 Å². The predicted octanol–water partition coefficient (Wildman–Crippen LogP) is 5.35. The van der Waals surface area contributed by atoms with Crippen molar-refractivity contribution in [1.29, 1.82) is 0 Å². The fourth-order valence-corrected chi connectivity index (χ4v) is 3.21. The van der Waals surface area contributed by atoms with E-state index in [1.54, 1.807) is 18.2 Å². The highest BCUT2D eigenvalue weighted by molar-refractivity contribution is 6.01. The van der Waals surface area contributed by atoms with Gasteiger partial charge in [-0.25, -0.2) is 4.39 Å². The van der Waals surface area contributed by atoms with Crippen molar-refractivity contribution in [2.45, 2.75) is 6.18 Å². The van der Waals surface area contributed by atoms with Gasteiger partial charge in [-0.05, 0) is 42.0 Å². The van der Waals surface area contributed by atoms with Crippen LogP contribution in [0.5, 0.6) is 11.5 Å². The molecule has 1 amide bonds. The number of aromatic nitrogens is 2. The second-order valence-corrected chi connectivity index (χ2v) is 6.57. The minimum atomic E-state index is -4.79. The molecule has 0 aliphatic heterocycles. The van der Waals surface area contributed by atoms with Crippen LogP contribution >= 0.6 is 0 Å². The summed E-state index contributed by atoms with van der Waals surface area (Å²) in [6.07, 6.45) is -1.77. The van der Waals surface area contributed by atoms with Crippen LogP contribution in [0.1, 0.15) is 15.9 Å². The molecule has 0 saturated heterocycles. The molecule has 31 heavy (non-hydrogen) atoms. The number of nitrogens with two attached hydrogens (primary N) is 1. The lowest BCUT2D eigenvalue weighted by Crippen LogP contribution is -2.16. The molecule has 5 nitrogen and oxygen atoms in total. The first kappa shape index (κ1) is 20.3. The van der Waals surface area contributed by atoms with Crippen molar-refractivity contribution in [1.82, 2.24) is 9.97 Å². The van der Waals surface area contributed by atoms with Crippen molar-refractivity contribution in [3.05, 3.63) is 83.9 Å². The summed E-state index contributed by atoms with van der Waals surface area (Å²) in [5, 5.41) is 0. The highest BCUT2D eigenvalue weighted by atomic mass is 19.4. The van der Waals surface area contributed by atoms with Crippen LogP contribution < -0.4 is 10.5 Å². The van der Waals surface area contributed by atoms with E-state index in [1.165, 1.54) is 18.5 Å². The molecule has 0 fully saturated rings. The second kappa shape index (κ2) is 7.67. The average molecular weight is 427 g/mol. The van der Waals surface area contributed by atoms with E-state index in [2.05, 4.69) is 9.97 Å². The third-order valence-electron chi connectivity index (χ3n) is 4.47. The number of fused-ring (bicyclic) bond motifs is 1. The number of carbonyl (C=O) groups is 1. The van der Waals surface area contributed by atoms with Gasteiger partial charge in [-0.1, -0.05) is 6.07 Å². The fourth-order valence-electron chi connectivity index (χ4n) is 3.21. The molecule has 0 aliphatic carbocycles. The Labute approximate surface area is 173 Å². The number of alkyl halides is 3. The monoisotopic (exact) mass is 427 g/mol. The van der Waals surface area contributed by atoms with Gasteiger partial charge < -0.3 is 10.5 Å². The summed E-state index contributed by atoms with van der Waals surface area (Å²) in [7, 11) is 0. The third kappa shape index (κ3) is 4.16. The lowest BCUT2D eigenvalue weighted by Gasteiger charge is -2.17. The number of halogens is 4. The van der Waals surface area contributed by atoms with Crippen molar-refractivity contribution in [2.75, 3.05) is 0 Å². The molecule has 0 radical (unpaired) electrons. The Morgan fingerprint density at radius 1 is 0.903 bits per heavy atom. The van der Waals surface area contributed by atoms with E-state index in [0.29, 0.717) is 11.0 Å². The molecule has 2 N–H and O–H groups in total. The maximum absolute atomic E-state index is 14.3. The van der Waals surface area contributed by atoms with Crippen LogP contribution in [-0.2, 0) is 6.18 Å². The summed E-state index contributed by atoms with van der Waals surface area (Å²) in [5.74, 6) is -1.70. The van der Waals surface area contributed by atoms with Crippen LogP contribution in [0, 0.1) is 5.82 Å². The lowest BCUT2D eigenvalue weighted by atomic mass is 9.93. The van der Waals surface area contributed by atoms with Crippen molar-refractivity contribution in [2.24, 2.45) is 5.73 Å². The van der Waals surface area contributed by atoms with Crippen LogP contribution in [0.2, 0.25) is 0 Å². The maximum Gasteiger partial charge on any atom is 0.417 e. The van der Waals surface area contributed by atoms with E-state index in [9.17, 15) is 22.4 Å². The van der Waals surface area contributed by atoms with Crippen LogP contribution in [0.25, 0.3) is 22.2 Å². The zero-order chi connectivity index (χ0) is 22.2. The second-order valence-electron chi connectivity index (χ2n) is 6.57. The first-order chi connectivity index (χ1) is 14.7. The Kier molecular flexibility index (Phi) is 5.02. The molecule has 1 heterocycles. The zero-order valence-electron chi connectivity index (χ0n) is 15.7. The summed E-state index contributed by atoms with van der Waals surface area (Å²) in [6, 6.07) is 10.9. The Morgan fingerprint density at radius 2 is 1.65 bits per heavy atom. The van der Waals surface area contributed by atoms with Crippen LogP contribution in [0.4, 0.5) is 17.6 Å². The van der Waals surface area contributed by atoms with Gasteiger partial charge in [-0.3, -0.25) is 14.8 Å². The molecular weight excluding hydrogens is 414 g/mol. The van der Waals surface area contributed by atoms with Crippen molar-refractivity contribution in [3.63, 3.8) is 0 Å². The number of rotatable bonds is 4. The standard InChI is InChI=1S/C22H13F4N3O2/c23-13-8-12(20-16(21(27)30)2-1-3-17(20)22(24,25)26)9-15(10-13)31-14-4-5-18-19(11-14)29-7-6-28-18/h1-11H,(H2,27,30). The van der Waals surface area contributed by atoms with E-state index in [0.717, 1.165) is 30.3 Å². The molecular formula is C22H13F4N3O2. The van der Waals surface area contributed by atoms with E-state index in [1.807, 2.05) is 0 Å². The molecule has 4 rings (SSSR count). The van der Waals surface area contributed by atoms with Crippen LogP contribution in [0.3, 0.4) is 0 Å². The zero-order valence-corrected chi connectivity index (χ0v) is 15.7. The van der Waals surface area contributed by atoms with Gasteiger partial charge >= 0.3 is 6.18 Å². The van der Waals surface area contributed by atoms with Crippen LogP contribution in [0.15, 0.2) is 67.0 Å². The van der Waals surface area contributed by atoms with Crippen molar-refractivity contribution >= 4 is 16.9 Å². The third-order valence-corrected chi connectivity index (χ3v) is 4.47. The Balaban J connectivity index is 1.82. The Bertz CT molecular complexity index is 1310. The molecule has 0 saturated carbocycles. The van der Waals surface area contributed by atoms with Crippen molar-refractivity contribution in [3.8, 4) is 22.6 Å². The largest absolute Gasteiger partial charge is 0.457 e. The van der Waals surface area contributed by atoms with E-state index < -0.39 is 29.0 Å². The number of amides is 1. The SMILES string of the molecule is NC(=O)c1cccc(C(F)(F)F)c1-c1cc(F)cc(Oc2ccc3nccnc3c2)c1.